The van der Waals surface area contributed by atoms with Crippen LogP contribution in [0.15, 0.2) is 42.5 Å². The molecule has 0 spiro atoms. The molecule has 2 amide bonds. The fourth-order valence-corrected chi connectivity index (χ4v) is 2.62. The maximum atomic E-state index is 12.4. The minimum atomic E-state index is -0.839. The summed E-state index contributed by atoms with van der Waals surface area (Å²) in [6.45, 7) is -0.490. The number of carbonyl (C=O) groups excluding carboxylic acids is 3. The Morgan fingerprint density at radius 1 is 1.12 bits per heavy atom. The zero-order chi connectivity index (χ0) is 18.1. The molecule has 8 heteroatoms. The number of ketones is 1. The highest BCUT2D eigenvalue weighted by molar-refractivity contribution is 6.24. The Morgan fingerprint density at radius 2 is 1.80 bits per heavy atom. The first kappa shape index (κ1) is 16.3. The van der Waals surface area contributed by atoms with Crippen molar-refractivity contribution in [2.75, 3.05) is 13.7 Å². The predicted octanol–water partition coefficient (Wildman–Crippen LogP) is 2.08. The van der Waals surface area contributed by atoms with Crippen molar-refractivity contribution in [1.82, 2.24) is 4.90 Å². The lowest BCUT2D eigenvalue weighted by atomic mass is 10.1. The summed E-state index contributed by atoms with van der Waals surface area (Å²) in [7, 11) is 1.49. The lowest BCUT2D eigenvalue weighted by molar-refractivity contribution is -0.385. The molecule has 25 heavy (non-hydrogen) atoms. The Kier molecular flexibility index (Phi) is 4.02. The van der Waals surface area contributed by atoms with Crippen LogP contribution in [-0.2, 0) is 0 Å². The second-order valence-electron chi connectivity index (χ2n) is 5.30. The van der Waals surface area contributed by atoms with E-state index in [2.05, 4.69) is 0 Å². The van der Waals surface area contributed by atoms with Crippen LogP contribution in [0.4, 0.5) is 5.69 Å². The van der Waals surface area contributed by atoms with E-state index in [4.69, 9.17) is 4.74 Å². The fraction of sp³-hybridized carbons (Fsp3) is 0.118. The van der Waals surface area contributed by atoms with Crippen molar-refractivity contribution in [2.24, 2.45) is 0 Å². The van der Waals surface area contributed by atoms with Gasteiger partial charge in [0.25, 0.3) is 17.5 Å². The molecule has 0 saturated heterocycles. The van der Waals surface area contributed by atoms with E-state index in [0.717, 1.165) is 11.0 Å². The molecule has 0 N–H and O–H groups in total. The van der Waals surface area contributed by atoms with Gasteiger partial charge in [-0.25, -0.2) is 0 Å². The van der Waals surface area contributed by atoms with Gasteiger partial charge in [-0.2, -0.15) is 0 Å². The highest BCUT2D eigenvalue weighted by Gasteiger charge is 2.41. The van der Waals surface area contributed by atoms with E-state index in [9.17, 15) is 24.5 Å². The van der Waals surface area contributed by atoms with Gasteiger partial charge < -0.3 is 4.74 Å². The van der Waals surface area contributed by atoms with Gasteiger partial charge in [0.1, 0.15) is 11.3 Å². The van der Waals surface area contributed by atoms with Crippen molar-refractivity contribution >= 4 is 23.3 Å². The molecule has 1 heterocycles. The molecule has 0 bridgehead atoms. The highest BCUT2D eigenvalue weighted by atomic mass is 16.6. The van der Waals surface area contributed by atoms with Gasteiger partial charge in [0, 0.05) is 11.6 Å². The smallest absolute Gasteiger partial charge is 0.282 e. The summed E-state index contributed by atoms with van der Waals surface area (Å²) in [5.74, 6) is -1.45. The molecule has 0 saturated carbocycles. The van der Waals surface area contributed by atoms with Gasteiger partial charge in [0.05, 0.1) is 24.1 Å². The Bertz CT molecular complexity index is 904. The zero-order valence-electron chi connectivity index (χ0n) is 13.1. The molecule has 0 unspecified atom stereocenters. The van der Waals surface area contributed by atoms with Crippen molar-refractivity contribution < 1.29 is 24.0 Å². The van der Waals surface area contributed by atoms with Crippen LogP contribution in [0.25, 0.3) is 0 Å². The summed E-state index contributed by atoms with van der Waals surface area (Å²) >= 11 is 0. The summed E-state index contributed by atoms with van der Waals surface area (Å²) in [6.07, 6.45) is 0. The molecule has 126 valence electrons. The number of nitro benzene ring substituents is 1. The highest BCUT2D eigenvalue weighted by Crippen LogP contribution is 2.30. The predicted molar refractivity (Wildman–Crippen MR) is 85.8 cm³/mol. The summed E-state index contributed by atoms with van der Waals surface area (Å²) < 4.78 is 5.00. The molecule has 1 aliphatic heterocycles. The van der Waals surface area contributed by atoms with Gasteiger partial charge in [-0.1, -0.05) is 6.07 Å². The Hall–Kier alpha value is -3.55. The van der Waals surface area contributed by atoms with Crippen LogP contribution in [0, 0.1) is 10.1 Å². The number of imide groups is 1. The van der Waals surface area contributed by atoms with Crippen molar-refractivity contribution in [3.63, 3.8) is 0 Å². The van der Waals surface area contributed by atoms with Crippen LogP contribution in [0.1, 0.15) is 31.1 Å². The minimum absolute atomic E-state index is 0.0678. The van der Waals surface area contributed by atoms with E-state index in [1.807, 2.05) is 0 Å². The first-order valence-corrected chi connectivity index (χ1v) is 7.25. The standard InChI is InChI=1S/C17H12N2O6/c1-25-11-7-5-10(6-8-11)14(20)9-18-16(21)12-3-2-4-13(19(23)24)15(12)17(18)22/h2-8H,9H2,1H3. The van der Waals surface area contributed by atoms with E-state index in [1.54, 1.807) is 12.1 Å². The summed E-state index contributed by atoms with van der Waals surface area (Å²) in [4.78, 5) is 48.2. The number of hydrogen-bond acceptors (Lipinski definition) is 6. The second-order valence-corrected chi connectivity index (χ2v) is 5.30. The molecule has 0 aromatic heterocycles. The van der Waals surface area contributed by atoms with Gasteiger partial charge in [-0.05, 0) is 30.3 Å². The zero-order valence-corrected chi connectivity index (χ0v) is 13.1. The third-order valence-corrected chi connectivity index (χ3v) is 3.89. The fourth-order valence-electron chi connectivity index (χ4n) is 2.62. The first-order chi connectivity index (χ1) is 11.9. The van der Waals surface area contributed by atoms with E-state index in [1.165, 1.54) is 31.4 Å². The van der Waals surface area contributed by atoms with E-state index in [0.29, 0.717) is 11.3 Å². The number of carbonyl (C=O) groups is 3. The maximum Gasteiger partial charge on any atom is 0.282 e. The summed E-state index contributed by atoms with van der Waals surface area (Å²) in [5, 5.41) is 11.1. The van der Waals surface area contributed by atoms with E-state index >= 15 is 0 Å². The van der Waals surface area contributed by atoms with Crippen LogP contribution >= 0.6 is 0 Å². The van der Waals surface area contributed by atoms with Crippen molar-refractivity contribution in [3.05, 3.63) is 69.3 Å². The molecule has 1 aliphatic rings. The number of amides is 2. The third-order valence-electron chi connectivity index (χ3n) is 3.89. The normalized spacial score (nSPS) is 12.9. The lowest BCUT2D eigenvalue weighted by Crippen LogP contribution is -2.35. The number of hydrogen-bond donors (Lipinski definition) is 0. The molecule has 2 aromatic rings. The van der Waals surface area contributed by atoms with Gasteiger partial charge in [0.15, 0.2) is 5.78 Å². The molecular weight excluding hydrogens is 328 g/mol. The van der Waals surface area contributed by atoms with Gasteiger partial charge in [-0.15, -0.1) is 0 Å². The average Bonchev–Trinajstić information content (AvgIpc) is 2.86. The van der Waals surface area contributed by atoms with Gasteiger partial charge >= 0.3 is 0 Å². The largest absolute Gasteiger partial charge is 0.497 e. The number of ether oxygens (including phenoxy) is 1. The number of nitrogens with zero attached hydrogens (tertiary/aromatic N) is 2. The molecule has 8 nitrogen and oxygen atoms in total. The number of nitro groups is 1. The maximum absolute atomic E-state index is 12.4. The lowest BCUT2D eigenvalue weighted by Gasteiger charge is -2.12. The summed E-state index contributed by atoms with van der Waals surface area (Å²) in [6, 6.07) is 10.0. The SMILES string of the molecule is COc1ccc(C(=O)CN2C(=O)c3cccc([N+](=O)[O-])c3C2=O)cc1. The van der Waals surface area contributed by atoms with Crippen LogP contribution in [0.3, 0.4) is 0 Å². The van der Waals surface area contributed by atoms with E-state index in [-0.39, 0.29) is 11.1 Å². The minimum Gasteiger partial charge on any atom is -0.497 e. The van der Waals surface area contributed by atoms with Crippen LogP contribution in [0.2, 0.25) is 0 Å². The molecule has 0 fully saturated rings. The van der Waals surface area contributed by atoms with E-state index < -0.39 is 34.8 Å². The van der Waals surface area contributed by atoms with Crippen LogP contribution < -0.4 is 4.74 Å². The van der Waals surface area contributed by atoms with Gasteiger partial charge in [0.2, 0.25) is 0 Å². The number of rotatable bonds is 5. The molecule has 0 atom stereocenters. The number of benzene rings is 2. The first-order valence-electron chi connectivity index (χ1n) is 7.25. The average molecular weight is 340 g/mol. The Balaban J connectivity index is 1.88. The summed E-state index contributed by atoms with van der Waals surface area (Å²) in [5.41, 5.74) is -0.496. The van der Waals surface area contributed by atoms with Crippen molar-refractivity contribution in [1.29, 1.82) is 0 Å². The van der Waals surface area contributed by atoms with Crippen LogP contribution in [0.5, 0.6) is 5.75 Å². The molecule has 0 radical (unpaired) electrons. The van der Waals surface area contributed by atoms with Gasteiger partial charge in [-0.3, -0.25) is 29.4 Å². The Labute approximate surface area is 141 Å². The third kappa shape index (κ3) is 2.74. The topological polar surface area (TPSA) is 107 Å². The molecule has 3 rings (SSSR count). The second kappa shape index (κ2) is 6.16. The number of Topliss-reactive ketones (excluding diaryl/α,β-unsaturated/α-hetero) is 1. The molecular formula is C17H12N2O6. The number of methoxy groups -OCH3 is 1. The van der Waals surface area contributed by atoms with Crippen molar-refractivity contribution in [3.8, 4) is 5.75 Å². The quantitative estimate of drug-likeness (QED) is 0.357. The monoisotopic (exact) mass is 340 g/mol. The number of fused-ring (bicyclic) bond motifs is 1. The van der Waals surface area contributed by atoms with Crippen molar-refractivity contribution in [2.45, 2.75) is 0 Å². The van der Waals surface area contributed by atoms with Crippen LogP contribution in [-0.4, -0.2) is 41.1 Å². The molecule has 0 aliphatic carbocycles. The molecule has 2 aromatic carbocycles. The Morgan fingerprint density at radius 3 is 2.40 bits per heavy atom.